The second-order valence-corrected chi connectivity index (χ2v) is 8.96. The van der Waals surface area contributed by atoms with Crippen LogP contribution in [0.25, 0.3) is 11.3 Å². The standard InChI is InChI=1S/C29H26F2N4O2/c1-19-25(29(36)34-18-20-13-22(30)16-23(31)14-20)5-4-6-27(19)37-24-8-10-32-26(17-24)21-7-9-33-28(15-21)35-11-2-3-12-35/h4-10,13-17H,2-3,11-12,18H2,1H3,(H,34,36). The van der Waals surface area contributed by atoms with E-state index in [-0.39, 0.29) is 12.5 Å². The molecule has 8 heteroatoms. The SMILES string of the molecule is Cc1c(Oc2ccnc(-c3ccnc(N4CCCC4)c3)c2)cccc1C(=O)NCc1cc(F)cc(F)c1. The lowest BCUT2D eigenvalue weighted by Crippen LogP contribution is -2.23. The van der Waals surface area contributed by atoms with Crippen molar-refractivity contribution in [2.45, 2.75) is 26.3 Å². The molecule has 0 unspecified atom stereocenters. The van der Waals surface area contributed by atoms with Gasteiger partial charge in [-0.2, -0.15) is 0 Å². The number of carbonyl (C=O) groups excluding carboxylic acids is 1. The van der Waals surface area contributed by atoms with Crippen molar-refractivity contribution in [1.82, 2.24) is 15.3 Å². The van der Waals surface area contributed by atoms with Gasteiger partial charge in [-0.25, -0.2) is 13.8 Å². The van der Waals surface area contributed by atoms with Gasteiger partial charge in [-0.15, -0.1) is 0 Å². The van der Waals surface area contributed by atoms with Gasteiger partial charge in [0.05, 0.1) is 5.69 Å². The number of nitrogens with zero attached hydrogens (tertiary/aromatic N) is 3. The second kappa shape index (κ2) is 10.7. The predicted octanol–water partition coefficient (Wildman–Crippen LogP) is 6.05. The number of ether oxygens (including phenoxy) is 1. The Morgan fingerprint density at radius 1 is 0.973 bits per heavy atom. The van der Waals surface area contributed by atoms with E-state index in [2.05, 4.69) is 20.2 Å². The van der Waals surface area contributed by atoms with Crippen molar-refractivity contribution in [3.63, 3.8) is 0 Å². The lowest BCUT2D eigenvalue weighted by Gasteiger charge is -2.17. The third kappa shape index (κ3) is 5.74. The van der Waals surface area contributed by atoms with Crippen LogP contribution < -0.4 is 15.0 Å². The molecule has 0 aliphatic carbocycles. The topological polar surface area (TPSA) is 67.4 Å². The molecule has 0 spiro atoms. The molecule has 1 N–H and O–H groups in total. The summed E-state index contributed by atoms with van der Waals surface area (Å²) >= 11 is 0. The number of nitrogens with one attached hydrogen (secondary N) is 1. The lowest BCUT2D eigenvalue weighted by molar-refractivity contribution is 0.0950. The minimum atomic E-state index is -0.688. The van der Waals surface area contributed by atoms with E-state index in [9.17, 15) is 13.6 Å². The summed E-state index contributed by atoms with van der Waals surface area (Å²) in [4.78, 5) is 24.1. The molecule has 1 saturated heterocycles. The molecule has 2 aromatic heterocycles. The molecule has 1 aliphatic heterocycles. The van der Waals surface area contributed by atoms with Crippen LogP contribution in [-0.4, -0.2) is 29.0 Å². The molecule has 0 atom stereocenters. The van der Waals surface area contributed by atoms with E-state index in [1.165, 1.54) is 25.0 Å². The van der Waals surface area contributed by atoms with Crippen molar-refractivity contribution >= 4 is 11.7 Å². The summed E-state index contributed by atoms with van der Waals surface area (Å²) in [6, 6.07) is 15.9. The summed E-state index contributed by atoms with van der Waals surface area (Å²) in [5, 5.41) is 2.71. The van der Waals surface area contributed by atoms with Gasteiger partial charge in [0.15, 0.2) is 0 Å². The normalized spacial score (nSPS) is 13.0. The van der Waals surface area contributed by atoms with E-state index in [4.69, 9.17) is 4.74 Å². The fourth-order valence-corrected chi connectivity index (χ4v) is 4.42. The van der Waals surface area contributed by atoms with Gasteiger partial charge in [-0.05, 0) is 67.8 Å². The average molecular weight is 501 g/mol. The fraction of sp³-hybridized carbons (Fsp3) is 0.207. The molecule has 4 aromatic rings. The van der Waals surface area contributed by atoms with E-state index in [1.54, 1.807) is 43.6 Å². The molecular formula is C29H26F2N4O2. The van der Waals surface area contributed by atoms with Crippen LogP contribution in [0.1, 0.15) is 34.3 Å². The van der Waals surface area contributed by atoms with Crippen LogP contribution in [0.5, 0.6) is 11.5 Å². The molecule has 1 aliphatic rings. The zero-order valence-corrected chi connectivity index (χ0v) is 20.4. The van der Waals surface area contributed by atoms with Crippen molar-refractivity contribution in [2.75, 3.05) is 18.0 Å². The summed E-state index contributed by atoms with van der Waals surface area (Å²) in [5.74, 6) is 0.306. The first-order chi connectivity index (χ1) is 18.0. The highest BCUT2D eigenvalue weighted by molar-refractivity contribution is 5.96. The van der Waals surface area contributed by atoms with Crippen LogP contribution in [0, 0.1) is 18.6 Å². The molecule has 1 fully saturated rings. The number of aromatic nitrogens is 2. The Hall–Kier alpha value is -4.33. The summed E-state index contributed by atoms with van der Waals surface area (Å²) < 4.78 is 33.0. The fourth-order valence-electron chi connectivity index (χ4n) is 4.42. The van der Waals surface area contributed by atoms with Gasteiger partial charge in [-0.1, -0.05) is 6.07 Å². The predicted molar refractivity (Wildman–Crippen MR) is 138 cm³/mol. The number of anilines is 1. The number of hydrogen-bond acceptors (Lipinski definition) is 5. The monoisotopic (exact) mass is 500 g/mol. The van der Waals surface area contributed by atoms with Gasteiger partial charge >= 0.3 is 0 Å². The molecule has 0 radical (unpaired) electrons. The van der Waals surface area contributed by atoms with Gasteiger partial charge < -0.3 is 15.0 Å². The molecule has 5 rings (SSSR count). The summed E-state index contributed by atoms with van der Waals surface area (Å²) in [6.07, 6.45) is 5.83. The zero-order valence-electron chi connectivity index (χ0n) is 20.4. The van der Waals surface area contributed by atoms with Crippen LogP contribution >= 0.6 is 0 Å². The van der Waals surface area contributed by atoms with Gasteiger partial charge in [0, 0.05) is 60.9 Å². The number of benzene rings is 2. The minimum Gasteiger partial charge on any atom is -0.457 e. The quantitative estimate of drug-likeness (QED) is 0.335. The Bertz CT molecular complexity index is 1420. The summed E-state index contributed by atoms with van der Waals surface area (Å²) in [5.41, 5.74) is 3.09. The Morgan fingerprint density at radius 2 is 1.73 bits per heavy atom. The number of carbonyl (C=O) groups is 1. The van der Waals surface area contributed by atoms with E-state index in [1.807, 2.05) is 18.2 Å². The summed E-state index contributed by atoms with van der Waals surface area (Å²) in [6.45, 7) is 3.81. The molecule has 188 valence electrons. The largest absolute Gasteiger partial charge is 0.457 e. The first-order valence-electron chi connectivity index (χ1n) is 12.1. The molecule has 2 aromatic carbocycles. The first-order valence-corrected chi connectivity index (χ1v) is 12.1. The van der Waals surface area contributed by atoms with Crippen LogP contribution in [0.2, 0.25) is 0 Å². The van der Waals surface area contributed by atoms with Gasteiger partial charge in [-0.3, -0.25) is 9.78 Å². The molecule has 0 bridgehead atoms. The minimum absolute atomic E-state index is 0.00287. The highest BCUT2D eigenvalue weighted by Gasteiger charge is 2.16. The van der Waals surface area contributed by atoms with E-state index < -0.39 is 11.6 Å². The second-order valence-electron chi connectivity index (χ2n) is 8.96. The van der Waals surface area contributed by atoms with Gasteiger partial charge in [0.2, 0.25) is 0 Å². The van der Waals surface area contributed by atoms with E-state index >= 15 is 0 Å². The van der Waals surface area contributed by atoms with Crippen LogP contribution in [0.3, 0.4) is 0 Å². The molecule has 0 saturated carbocycles. The van der Waals surface area contributed by atoms with E-state index in [0.29, 0.717) is 28.2 Å². The number of amides is 1. The van der Waals surface area contributed by atoms with Crippen molar-refractivity contribution in [3.05, 3.63) is 101 Å². The first kappa shape index (κ1) is 24.4. The maximum atomic E-state index is 13.4. The average Bonchev–Trinajstić information content (AvgIpc) is 3.44. The number of pyridine rings is 2. The number of rotatable bonds is 7. The highest BCUT2D eigenvalue weighted by atomic mass is 19.1. The molecule has 6 nitrogen and oxygen atoms in total. The Kier molecular flexibility index (Phi) is 7.07. The lowest BCUT2D eigenvalue weighted by atomic mass is 10.1. The van der Waals surface area contributed by atoms with Crippen molar-refractivity contribution in [2.24, 2.45) is 0 Å². The Labute approximate surface area is 214 Å². The maximum absolute atomic E-state index is 13.4. The van der Waals surface area contributed by atoms with Crippen LogP contribution in [0.15, 0.2) is 73.1 Å². The number of halogens is 2. The van der Waals surface area contributed by atoms with Crippen LogP contribution in [-0.2, 0) is 6.54 Å². The van der Waals surface area contributed by atoms with Gasteiger partial charge in [0.25, 0.3) is 5.91 Å². The Balaban J connectivity index is 1.31. The zero-order chi connectivity index (χ0) is 25.8. The number of hydrogen-bond donors (Lipinski definition) is 1. The highest BCUT2D eigenvalue weighted by Crippen LogP contribution is 2.30. The molecule has 3 heterocycles. The third-order valence-electron chi connectivity index (χ3n) is 6.33. The molecule has 37 heavy (non-hydrogen) atoms. The van der Waals surface area contributed by atoms with Gasteiger partial charge in [0.1, 0.15) is 29.0 Å². The maximum Gasteiger partial charge on any atom is 0.251 e. The molecular weight excluding hydrogens is 474 g/mol. The van der Waals surface area contributed by atoms with Crippen molar-refractivity contribution in [3.8, 4) is 22.8 Å². The van der Waals surface area contributed by atoms with E-state index in [0.717, 1.165) is 36.2 Å². The van der Waals surface area contributed by atoms with Crippen LogP contribution in [0.4, 0.5) is 14.6 Å². The van der Waals surface area contributed by atoms with Crippen molar-refractivity contribution in [1.29, 1.82) is 0 Å². The Morgan fingerprint density at radius 3 is 2.51 bits per heavy atom. The van der Waals surface area contributed by atoms with Crippen molar-refractivity contribution < 1.29 is 18.3 Å². The third-order valence-corrected chi connectivity index (χ3v) is 6.33. The molecule has 1 amide bonds. The smallest absolute Gasteiger partial charge is 0.251 e. The summed E-state index contributed by atoms with van der Waals surface area (Å²) in [7, 11) is 0.